The van der Waals surface area contributed by atoms with Crippen LogP contribution in [0.25, 0.3) is 0 Å². The summed E-state index contributed by atoms with van der Waals surface area (Å²) in [5.41, 5.74) is 2.54. The lowest BCUT2D eigenvalue weighted by molar-refractivity contribution is 0.297. The van der Waals surface area contributed by atoms with Gasteiger partial charge in [-0.15, -0.1) is 0 Å². The van der Waals surface area contributed by atoms with Crippen LogP contribution in [0.4, 0.5) is 5.69 Å². The molecule has 19 heavy (non-hydrogen) atoms. The molecule has 0 unspecified atom stereocenters. The Bertz CT molecular complexity index is 568. The van der Waals surface area contributed by atoms with E-state index in [2.05, 4.69) is 20.3 Å². The van der Waals surface area contributed by atoms with E-state index >= 15 is 0 Å². The van der Waals surface area contributed by atoms with Gasteiger partial charge in [0.15, 0.2) is 11.5 Å². The van der Waals surface area contributed by atoms with E-state index in [1.807, 2.05) is 25.1 Å². The standard InChI is InChI=1S/C13H15N3O3/c1-9-11(16-19-15-9)8-14-10-3-4-12-13(7-10)18-6-2-5-17-12/h3-4,7,14H,2,5-6,8H2,1H3. The lowest BCUT2D eigenvalue weighted by Crippen LogP contribution is -2.02. The monoisotopic (exact) mass is 261 g/mol. The average Bonchev–Trinajstić information content (AvgIpc) is 2.70. The van der Waals surface area contributed by atoms with Crippen molar-refractivity contribution in [2.75, 3.05) is 18.5 Å². The second-order valence-corrected chi connectivity index (χ2v) is 4.36. The van der Waals surface area contributed by atoms with Crippen LogP contribution < -0.4 is 14.8 Å². The molecule has 2 heterocycles. The van der Waals surface area contributed by atoms with Crippen molar-refractivity contribution in [3.63, 3.8) is 0 Å². The molecule has 0 radical (unpaired) electrons. The third kappa shape index (κ3) is 2.62. The maximum Gasteiger partial charge on any atom is 0.163 e. The molecule has 0 aliphatic carbocycles. The quantitative estimate of drug-likeness (QED) is 0.913. The van der Waals surface area contributed by atoms with Crippen molar-refractivity contribution in [2.45, 2.75) is 19.9 Å². The average molecular weight is 261 g/mol. The van der Waals surface area contributed by atoms with Crippen molar-refractivity contribution < 1.29 is 14.1 Å². The van der Waals surface area contributed by atoms with E-state index in [0.717, 1.165) is 35.0 Å². The predicted molar refractivity (Wildman–Crippen MR) is 68.4 cm³/mol. The molecule has 1 aromatic carbocycles. The van der Waals surface area contributed by atoms with Gasteiger partial charge in [-0.2, -0.15) is 0 Å². The Balaban J connectivity index is 1.72. The number of nitrogens with one attached hydrogen (secondary N) is 1. The van der Waals surface area contributed by atoms with Gasteiger partial charge in [0.25, 0.3) is 0 Å². The first-order valence-electron chi connectivity index (χ1n) is 6.24. The first kappa shape index (κ1) is 11.8. The summed E-state index contributed by atoms with van der Waals surface area (Å²) < 4.78 is 15.9. The highest BCUT2D eigenvalue weighted by atomic mass is 16.6. The van der Waals surface area contributed by atoms with Crippen LogP contribution in [0.5, 0.6) is 11.5 Å². The summed E-state index contributed by atoms with van der Waals surface area (Å²) in [7, 11) is 0. The highest BCUT2D eigenvalue weighted by Crippen LogP contribution is 2.32. The number of hydrogen-bond acceptors (Lipinski definition) is 6. The van der Waals surface area contributed by atoms with E-state index in [4.69, 9.17) is 9.47 Å². The summed E-state index contributed by atoms with van der Waals surface area (Å²) in [5, 5.41) is 10.8. The number of fused-ring (bicyclic) bond motifs is 1. The van der Waals surface area contributed by atoms with Crippen LogP contribution in [0, 0.1) is 6.92 Å². The van der Waals surface area contributed by atoms with E-state index in [-0.39, 0.29) is 0 Å². The zero-order valence-electron chi connectivity index (χ0n) is 10.7. The summed E-state index contributed by atoms with van der Waals surface area (Å²) in [4.78, 5) is 0. The third-order valence-corrected chi connectivity index (χ3v) is 2.95. The lowest BCUT2D eigenvalue weighted by atomic mass is 10.2. The number of ether oxygens (including phenoxy) is 2. The molecule has 100 valence electrons. The molecule has 2 aromatic rings. The number of benzene rings is 1. The molecule has 6 nitrogen and oxygen atoms in total. The Hall–Kier alpha value is -2.24. The third-order valence-electron chi connectivity index (χ3n) is 2.95. The second-order valence-electron chi connectivity index (χ2n) is 4.36. The van der Waals surface area contributed by atoms with Crippen molar-refractivity contribution in [2.24, 2.45) is 0 Å². The molecule has 1 N–H and O–H groups in total. The molecular formula is C13H15N3O3. The van der Waals surface area contributed by atoms with Gasteiger partial charge in [-0.25, -0.2) is 4.63 Å². The van der Waals surface area contributed by atoms with Gasteiger partial charge in [0.2, 0.25) is 0 Å². The van der Waals surface area contributed by atoms with Crippen LogP contribution in [0.1, 0.15) is 17.8 Å². The molecule has 0 fully saturated rings. The molecule has 1 aromatic heterocycles. The van der Waals surface area contributed by atoms with Crippen LogP contribution in [-0.4, -0.2) is 23.5 Å². The number of rotatable bonds is 3. The minimum atomic E-state index is 0.564. The number of aromatic nitrogens is 2. The molecule has 0 saturated heterocycles. The van der Waals surface area contributed by atoms with Gasteiger partial charge < -0.3 is 14.8 Å². The molecule has 0 amide bonds. The smallest absolute Gasteiger partial charge is 0.163 e. The van der Waals surface area contributed by atoms with Gasteiger partial charge in [-0.3, -0.25) is 0 Å². The fourth-order valence-corrected chi connectivity index (χ4v) is 1.87. The molecule has 0 atom stereocenters. The molecule has 1 aliphatic heterocycles. The number of hydrogen-bond donors (Lipinski definition) is 1. The Morgan fingerprint density at radius 1 is 1.16 bits per heavy atom. The fourth-order valence-electron chi connectivity index (χ4n) is 1.87. The van der Waals surface area contributed by atoms with Crippen LogP contribution in [0.15, 0.2) is 22.8 Å². The zero-order chi connectivity index (χ0) is 13.1. The molecule has 0 bridgehead atoms. The second kappa shape index (κ2) is 5.17. The van der Waals surface area contributed by atoms with E-state index in [0.29, 0.717) is 19.8 Å². The van der Waals surface area contributed by atoms with Gasteiger partial charge in [0.05, 0.1) is 19.8 Å². The Kier molecular flexibility index (Phi) is 3.22. The van der Waals surface area contributed by atoms with Crippen LogP contribution in [0.3, 0.4) is 0 Å². The largest absolute Gasteiger partial charge is 0.490 e. The SMILES string of the molecule is Cc1nonc1CNc1ccc2c(c1)OCCCO2. The van der Waals surface area contributed by atoms with Crippen molar-refractivity contribution in [3.8, 4) is 11.5 Å². The molecule has 3 rings (SSSR count). The Morgan fingerprint density at radius 3 is 2.79 bits per heavy atom. The summed E-state index contributed by atoms with van der Waals surface area (Å²) in [6.07, 6.45) is 0.904. The topological polar surface area (TPSA) is 69.4 Å². The van der Waals surface area contributed by atoms with Crippen molar-refractivity contribution >= 4 is 5.69 Å². The predicted octanol–water partition coefficient (Wildman–Crippen LogP) is 2.15. The summed E-state index contributed by atoms with van der Waals surface area (Å²) in [6.45, 7) is 3.81. The molecule has 6 heteroatoms. The van der Waals surface area contributed by atoms with Crippen LogP contribution in [-0.2, 0) is 6.54 Å². The van der Waals surface area contributed by atoms with Crippen LogP contribution >= 0.6 is 0 Å². The maximum atomic E-state index is 5.64. The molecule has 1 aliphatic rings. The minimum absolute atomic E-state index is 0.564. The number of anilines is 1. The van der Waals surface area contributed by atoms with E-state index in [1.54, 1.807) is 0 Å². The normalized spacial score (nSPS) is 13.9. The zero-order valence-corrected chi connectivity index (χ0v) is 10.7. The summed E-state index contributed by atoms with van der Waals surface area (Å²) in [6, 6.07) is 5.80. The van der Waals surface area contributed by atoms with Gasteiger partial charge in [0.1, 0.15) is 11.4 Å². The highest BCUT2D eigenvalue weighted by molar-refractivity contribution is 5.55. The Morgan fingerprint density at radius 2 is 2.00 bits per heavy atom. The fraction of sp³-hybridized carbons (Fsp3) is 0.385. The van der Waals surface area contributed by atoms with Gasteiger partial charge in [-0.05, 0) is 19.1 Å². The lowest BCUT2D eigenvalue weighted by Gasteiger charge is -2.10. The van der Waals surface area contributed by atoms with Crippen LogP contribution in [0.2, 0.25) is 0 Å². The van der Waals surface area contributed by atoms with Gasteiger partial charge >= 0.3 is 0 Å². The minimum Gasteiger partial charge on any atom is -0.490 e. The first-order chi connectivity index (χ1) is 9.33. The van der Waals surface area contributed by atoms with E-state index in [1.165, 1.54) is 0 Å². The maximum absolute atomic E-state index is 5.64. The van der Waals surface area contributed by atoms with Crippen molar-refractivity contribution in [1.82, 2.24) is 10.3 Å². The van der Waals surface area contributed by atoms with Gasteiger partial charge in [-0.1, -0.05) is 10.3 Å². The van der Waals surface area contributed by atoms with E-state index in [9.17, 15) is 0 Å². The number of aryl methyl sites for hydroxylation is 1. The first-order valence-corrected chi connectivity index (χ1v) is 6.24. The molecule has 0 saturated carbocycles. The van der Waals surface area contributed by atoms with Crippen molar-refractivity contribution in [3.05, 3.63) is 29.6 Å². The number of nitrogens with zero attached hydrogens (tertiary/aromatic N) is 2. The van der Waals surface area contributed by atoms with Crippen molar-refractivity contribution in [1.29, 1.82) is 0 Å². The summed E-state index contributed by atoms with van der Waals surface area (Å²) >= 11 is 0. The Labute approximate surface area is 110 Å². The van der Waals surface area contributed by atoms with Gasteiger partial charge in [0, 0.05) is 18.2 Å². The summed E-state index contributed by atoms with van der Waals surface area (Å²) in [5.74, 6) is 1.57. The van der Waals surface area contributed by atoms with E-state index < -0.39 is 0 Å². The molecular weight excluding hydrogens is 246 g/mol. The molecule has 0 spiro atoms. The highest BCUT2D eigenvalue weighted by Gasteiger charge is 2.11.